The number of rotatable bonds is 5. The molecule has 1 aromatic carbocycles. The van der Waals surface area contributed by atoms with Crippen molar-refractivity contribution in [3.63, 3.8) is 0 Å². The third-order valence-electron chi connectivity index (χ3n) is 5.04. The first kappa shape index (κ1) is 19.7. The van der Waals surface area contributed by atoms with E-state index in [4.69, 9.17) is 9.47 Å². The number of urea groups is 1. The lowest BCUT2D eigenvalue weighted by Crippen LogP contribution is -2.53. The summed E-state index contributed by atoms with van der Waals surface area (Å²) in [4.78, 5) is 32.7. The molecule has 0 aliphatic carbocycles. The Morgan fingerprint density at radius 2 is 2.07 bits per heavy atom. The molecular formula is C20H24N4O4S. The first-order valence-electron chi connectivity index (χ1n) is 9.75. The van der Waals surface area contributed by atoms with E-state index >= 15 is 0 Å². The summed E-state index contributed by atoms with van der Waals surface area (Å²) in [5.74, 6) is 0.718. The van der Waals surface area contributed by atoms with E-state index in [1.54, 1.807) is 21.4 Å². The molecule has 1 N–H and O–H groups in total. The second-order valence-electron chi connectivity index (χ2n) is 7.04. The number of nitrogens with one attached hydrogen (secondary N) is 1. The Kier molecular flexibility index (Phi) is 6.26. The molecular weight excluding hydrogens is 392 g/mol. The van der Waals surface area contributed by atoms with E-state index in [0.29, 0.717) is 50.8 Å². The van der Waals surface area contributed by atoms with Crippen molar-refractivity contribution in [2.24, 2.45) is 0 Å². The van der Waals surface area contributed by atoms with Gasteiger partial charge >= 0.3 is 6.03 Å². The van der Waals surface area contributed by atoms with Crippen molar-refractivity contribution in [2.75, 3.05) is 38.1 Å². The average molecular weight is 417 g/mol. The zero-order valence-electron chi connectivity index (χ0n) is 16.1. The van der Waals surface area contributed by atoms with Crippen LogP contribution in [0.1, 0.15) is 18.5 Å². The van der Waals surface area contributed by atoms with Crippen LogP contribution in [0.3, 0.4) is 0 Å². The zero-order chi connectivity index (χ0) is 20.1. The predicted octanol–water partition coefficient (Wildman–Crippen LogP) is 2.58. The summed E-state index contributed by atoms with van der Waals surface area (Å²) < 4.78 is 11.2. The van der Waals surface area contributed by atoms with Crippen molar-refractivity contribution in [2.45, 2.75) is 25.6 Å². The Hall–Kier alpha value is -2.65. The number of ether oxygens (including phenoxy) is 2. The highest BCUT2D eigenvalue weighted by Gasteiger charge is 2.31. The number of nitrogens with zero attached hydrogens (tertiary/aromatic N) is 3. The molecule has 3 amide bonds. The number of amides is 3. The number of carbonyl (C=O) groups is 2. The standard InChI is InChI=1S/C20H24N4O4S/c25-19(18-5-2-10-27-18)23-6-8-24(9-7-23)20(26)22-15-3-1-4-17(11-15)28-12-16-13-29-14-21-16/h1,3-4,11,13-14,18H,2,5-10,12H2,(H,22,26). The molecule has 0 radical (unpaired) electrons. The van der Waals surface area contributed by atoms with Crippen LogP contribution in [0.25, 0.3) is 0 Å². The quantitative estimate of drug-likeness (QED) is 0.810. The molecule has 29 heavy (non-hydrogen) atoms. The van der Waals surface area contributed by atoms with Gasteiger partial charge in [-0.15, -0.1) is 11.3 Å². The van der Waals surface area contributed by atoms with Gasteiger partial charge in [0.05, 0.1) is 11.2 Å². The van der Waals surface area contributed by atoms with E-state index in [2.05, 4.69) is 10.3 Å². The monoisotopic (exact) mass is 416 g/mol. The Morgan fingerprint density at radius 3 is 2.79 bits per heavy atom. The van der Waals surface area contributed by atoms with Gasteiger partial charge < -0.3 is 24.6 Å². The largest absolute Gasteiger partial charge is 0.487 e. The number of aromatic nitrogens is 1. The third-order valence-corrected chi connectivity index (χ3v) is 5.67. The number of hydrogen-bond acceptors (Lipinski definition) is 6. The summed E-state index contributed by atoms with van der Waals surface area (Å²) in [6.45, 7) is 3.12. The van der Waals surface area contributed by atoms with Crippen LogP contribution < -0.4 is 10.1 Å². The maximum Gasteiger partial charge on any atom is 0.321 e. The van der Waals surface area contributed by atoms with Crippen LogP contribution in [0.5, 0.6) is 5.75 Å². The zero-order valence-corrected chi connectivity index (χ0v) is 16.9. The molecule has 2 fully saturated rings. The normalized spacial score (nSPS) is 19.2. The number of hydrogen-bond donors (Lipinski definition) is 1. The van der Waals surface area contributed by atoms with Crippen LogP contribution in [-0.4, -0.2) is 65.6 Å². The maximum absolute atomic E-state index is 12.6. The Morgan fingerprint density at radius 1 is 1.24 bits per heavy atom. The third kappa shape index (κ3) is 5.04. The number of thiazole rings is 1. The predicted molar refractivity (Wildman–Crippen MR) is 109 cm³/mol. The fourth-order valence-electron chi connectivity index (χ4n) is 3.44. The van der Waals surface area contributed by atoms with E-state index in [1.807, 2.05) is 23.6 Å². The SMILES string of the molecule is O=C(Nc1cccc(OCc2cscn2)c1)N1CCN(C(=O)C2CCCO2)CC1. The van der Waals surface area contributed by atoms with Crippen LogP contribution in [0.2, 0.25) is 0 Å². The van der Waals surface area contributed by atoms with Crippen LogP contribution in [-0.2, 0) is 16.1 Å². The summed E-state index contributed by atoms with van der Waals surface area (Å²) in [7, 11) is 0. The minimum absolute atomic E-state index is 0.0486. The molecule has 1 aromatic heterocycles. The summed E-state index contributed by atoms with van der Waals surface area (Å²) in [6.07, 6.45) is 1.42. The molecule has 1 atom stereocenters. The van der Waals surface area contributed by atoms with Gasteiger partial charge in [-0.3, -0.25) is 4.79 Å². The van der Waals surface area contributed by atoms with Gasteiger partial charge in [0.15, 0.2) is 0 Å². The molecule has 2 aliphatic rings. The van der Waals surface area contributed by atoms with Crippen molar-refractivity contribution >= 4 is 29.0 Å². The average Bonchev–Trinajstić information content (AvgIpc) is 3.46. The van der Waals surface area contributed by atoms with Crippen molar-refractivity contribution in [1.82, 2.24) is 14.8 Å². The summed E-state index contributed by atoms with van der Waals surface area (Å²) in [5.41, 5.74) is 3.31. The van der Waals surface area contributed by atoms with Crippen LogP contribution >= 0.6 is 11.3 Å². The van der Waals surface area contributed by atoms with E-state index < -0.39 is 0 Å². The summed E-state index contributed by atoms with van der Waals surface area (Å²) >= 11 is 1.53. The number of carbonyl (C=O) groups excluding carboxylic acids is 2. The molecule has 4 rings (SSSR count). The molecule has 2 aromatic rings. The van der Waals surface area contributed by atoms with Gasteiger partial charge in [-0.2, -0.15) is 0 Å². The highest BCUT2D eigenvalue weighted by atomic mass is 32.1. The lowest BCUT2D eigenvalue weighted by atomic mass is 10.2. The number of anilines is 1. The van der Waals surface area contributed by atoms with Crippen LogP contribution in [0.4, 0.5) is 10.5 Å². The molecule has 1 unspecified atom stereocenters. The molecule has 0 spiro atoms. The van der Waals surface area contributed by atoms with Crippen molar-refractivity contribution in [1.29, 1.82) is 0 Å². The van der Waals surface area contributed by atoms with E-state index in [0.717, 1.165) is 18.5 Å². The van der Waals surface area contributed by atoms with Gasteiger partial charge in [-0.05, 0) is 25.0 Å². The van der Waals surface area contributed by atoms with Crippen molar-refractivity contribution in [3.8, 4) is 5.75 Å². The highest BCUT2D eigenvalue weighted by Crippen LogP contribution is 2.20. The Bertz CT molecular complexity index is 831. The lowest BCUT2D eigenvalue weighted by molar-refractivity contribution is -0.142. The Balaban J connectivity index is 1.26. The molecule has 8 nitrogen and oxygen atoms in total. The van der Waals surface area contributed by atoms with E-state index in [9.17, 15) is 9.59 Å². The van der Waals surface area contributed by atoms with Crippen LogP contribution in [0, 0.1) is 0 Å². The number of benzene rings is 1. The van der Waals surface area contributed by atoms with Gasteiger partial charge in [0.1, 0.15) is 18.5 Å². The fourth-order valence-corrected chi connectivity index (χ4v) is 3.98. The molecule has 9 heteroatoms. The van der Waals surface area contributed by atoms with Gasteiger partial charge in [0.25, 0.3) is 5.91 Å². The lowest BCUT2D eigenvalue weighted by Gasteiger charge is -2.35. The van der Waals surface area contributed by atoms with E-state index in [1.165, 1.54) is 11.3 Å². The topological polar surface area (TPSA) is 84.0 Å². The first-order chi connectivity index (χ1) is 14.2. The summed E-state index contributed by atoms with van der Waals surface area (Å²) in [5, 5.41) is 4.85. The smallest absolute Gasteiger partial charge is 0.321 e. The van der Waals surface area contributed by atoms with Crippen LogP contribution in [0.15, 0.2) is 35.2 Å². The van der Waals surface area contributed by atoms with Gasteiger partial charge in [0.2, 0.25) is 0 Å². The molecule has 2 saturated heterocycles. The first-order valence-corrected chi connectivity index (χ1v) is 10.7. The molecule has 0 bridgehead atoms. The maximum atomic E-state index is 12.6. The molecule has 0 saturated carbocycles. The fraction of sp³-hybridized carbons (Fsp3) is 0.450. The second kappa shape index (κ2) is 9.23. The van der Waals surface area contributed by atoms with Crippen molar-refractivity contribution < 1.29 is 19.1 Å². The van der Waals surface area contributed by atoms with Crippen molar-refractivity contribution in [3.05, 3.63) is 40.8 Å². The molecule has 154 valence electrons. The Labute approximate surface area is 173 Å². The molecule has 2 aliphatic heterocycles. The minimum atomic E-state index is -0.303. The van der Waals surface area contributed by atoms with Gasteiger partial charge in [-0.25, -0.2) is 9.78 Å². The van der Waals surface area contributed by atoms with Gasteiger partial charge in [0, 0.05) is 49.9 Å². The second-order valence-corrected chi connectivity index (χ2v) is 7.76. The molecule has 3 heterocycles. The van der Waals surface area contributed by atoms with E-state index in [-0.39, 0.29) is 18.0 Å². The minimum Gasteiger partial charge on any atom is -0.487 e. The van der Waals surface area contributed by atoms with Gasteiger partial charge in [-0.1, -0.05) is 6.07 Å². The summed E-state index contributed by atoms with van der Waals surface area (Å²) in [6, 6.07) is 7.12. The highest BCUT2D eigenvalue weighted by molar-refractivity contribution is 7.07. The number of piperazine rings is 1.